The average molecular weight is 353 g/mol. The van der Waals surface area contributed by atoms with Crippen molar-refractivity contribution in [2.24, 2.45) is 0 Å². The van der Waals surface area contributed by atoms with Gasteiger partial charge < -0.3 is 5.32 Å². The highest BCUT2D eigenvalue weighted by Crippen LogP contribution is 2.50. The first kappa shape index (κ1) is 14.6. The van der Waals surface area contributed by atoms with Gasteiger partial charge in [-0.05, 0) is 24.1 Å². The van der Waals surface area contributed by atoms with Crippen LogP contribution in [0.2, 0.25) is 0 Å². The van der Waals surface area contributed by atoms with Crippen LogP contribution in [0.5, 0.6) is 0 Å². The van der Waals surface area contributed by atoms with E-state index < -0.39 is 0 Å². The Morgan fingerprint density at radius 3 is 2.58 bits per heavy atom. The molecule has 0 bridgehead atoms. The second-order valence-electron chi connectivity index (χ2n) is 7.42. The minimum atomic E-state index is 0.488. The summed E-state index contributed by atoms with van der Waals surface area (Å²) in [6, 6.07) is 24.8. The van der Waals surface area contributed by atoms with Crippen LogP contribution in [0.25, 0.3) is 20.2 Å². The molecule has 2 heteroatoms. The quantitative estimate of drug-likeness (QED) is 0.377. The van der Waals surface area contributed by atoms with E-state index >= 15 is 0 Å². The summed E-state index contributed by atoms with van der Waals surface area (Å²) < 4.78 is 2.85. The molecule has 4 aromatic rings. The Labute approximate surface area is 157 Å². The van der Waals surface area contributed by atoms with E-state index in [0.717, 1.165) is 6.42 Å². The first-order valence-corrected chi connectivity index (χ1v) is 10.1. The van der Waals surface area contributed by atoms with Crippen LogP contribution in [-0.4, -0.2) is 6.04 Å². The summed E-state index contributed by atoms with van der Waals surface area (Å²) in [5.41, 5.74) is 4.26. The Hall–Kier alpha value is -2.58. The molecule has 0 fully saturated rings. The lowest BCUT2D eigenvalue weighted by atomic mass is 9.80. The van der Waals surface area contributed by atoms with Gasteiger partial charge in [0.1, 0.15) is 0 Å². The van der Waals surface area contributed by atoms with E-state index in [4.69, 9.17) is 0 Å². The molecule has 0 spiro atoms. The molecule has 6 rings (SSSR count). The maximum absolute atomic E-state index is 3.83. The van der Waals surface area contributed by atoms with Crippen LogP contribution in [0, 0.1) is 0 Å². The third-order valence-electron chi connectivity index (χ3n) is 5.98. The number of nitrogens with one attached hydrogen (secondary N) is 1. The molecule has 1 aromatic heterocycles. The van der Waals surface area contributed by atoms with E-state index in [1.165, 1.54) is 37.0 Å². The molecule has 1 aliphatic heterocycles. The molecule has 126 valence electrons. The molecule has 1 aliphatic carbocycles. The van der Waals surface area contributed by atoms with Crippen LogP contribution in [-0.2, 0) is 0 Å². The highest BCUT2D eigenvalue weighted by atomic mass is 32.1. The molecule has 1 N–H and O–H groups in total. The highest BCUT2D eigenvalue weighted by Gasteiger charge is 2.36. The molecule has 3 unspecified atom stereocenters. The Balaban J connectivity index is 1.48. The summed E-state index contributed by atoms with van der Waals surface area (Å²) in [5.74, 6) is 0.999. The van der Waals surface area contributed by atoms with E-state index in [9.17, 15) is 0 Å². The average Bonchev–Trinajstić information content (AvgIpc) is 3.25. The van der Waals surface area contributed by atoms with Crippen LogP contribution < -0.4 is 5.32 Å². The topological polar surface area (TPSA) is 12.0 Å². The van der Waals surface area contributed by atoms with Crippen LogP contribution >= 0.6 is 11.3 Å². The number of rotatable bonds is 1. The minimum absolute atomic E-state index is 0.488. The fraction of sp³-hybridized carbons (Fsp3) is 0.167. The van der Waals surface area contributed by atoms with Crippen molar-refractivity contribution in [1.29, 1.82) is 0 Å². The van der Waals surface area contributed by atoms with Gasteiger partial charge in [0.05, 0.1) is 0 Å². The van der Waals surface area contributed by atoms with E-state index in [-0.39, 0.29) is 0 Å². The van der Waals surface area contributed by atoms with Gasteiger partial charge in [-0.25, -0.2) is 0 Å². The highest BCUT2D eigenvalue weighted by molar-refractivity contribution is 7.26. The normalized spacial score (nSPS) is 23.8. The molecule has 0 saturated heterocycles. The molecule has 2 aliphatic rings. The van der Waals surface area contributed by atoms with E-state index in [1.807, 2.05) is 11.3 Å². The van der Waals surface area contributed by atoms with Gasteiger partial charge in [-0.15, -0.1) is 11.3 Å². The maximum atomic E-state index is 3.83. The number of hydrogen-bond acceptors (Lipinski definition) is 2. The Morgan fingerprint density at radius 2 is 1.65 bits per heavy atom. The Kier molecular flexibility index (Phi) is 3.06. The monoisotopic (exact) mass is 353 g/mol. The molecule has 0 amide bonds. The molecule has 1 nitrogen and oxygen atoms in total. The van der Waals surface area contributed by atoms with Crippen LogP contribution in [0.15, 0.2) is 78.9 Å². The number of thiophene rings is 1. The van der Waals surface area contributed by atoms with Gasteiger partial charge in [0.2, 0.25) is 0 Å². The zero-order valence-electron chi connectivity index (χ0n) is 14.4. The summed E-state index contributed by atoms with van der Waals surface area (Å²) in [7, 11) is 0. The van der Waals surface area contributed by atoms with Gasteiger partial charge in [0.25, 0.3) is 0 Å². The third kappa shape index (κ3) is 2.02. The molecule has 0 radical (unpaired) electrons. The predicted octanol–water partition coefficient (Wildman–Crippen LogP) is 6.68. The van der Waals surface area contributed by atoms with Gasteiger partial charge in [-0.2, -0.15) is 0 Å². The Morgan fingerprint density at radius 1 is 0.808 bits per heavy atom. The standard InChI is InChI=1S/C24H19NS/c1-2-6-15(7-3-1)16-10-11-19-21(14-16)25-20-13-12-18-17-8-4-5-9-22(17)26-24(18)23(19)20/h1-13,16,19,21,25H,14H2. The lowest BCUT2D eigenvalue weighted by Crippen LogP contribution is -2.25. The molecular weight excluding hydrogens is 334 g/mol. The molecular formula is C24H19NS. The van der Waals surface area contributed by atoms with Crippen molar-refractivity contribution in [3.05, 3.63) is 90.0 Å². The predicted molar refractivity (Wildman–Crippen MR) is 112 cm³/mol. The van der Waals surface area contributed by atoms with Crippen LogP contribution in [0.4, 0.5) is 5.69 Å². The maximum Gasteiger partial charge on any atom is 0.0414 e. The SMILES string of the molecule is C1=CC2c3c(ccc4c3sc3ccccc34)NC2CC1c1ccccc1. The first-order chi connectivity index (χ1) is 12.9. The van der Waals surface area contributed by atoms with Gasteiger partial charge in [-0.3, -0.25) is 0 Å². The van der Waals surface area contributed by atoms with Crippen LogP contribution in [0.1, 0.15) is 29.4 Å². The van der Waals surface area contributed by atoms with E-state index in [1.54, 1.807) is 0 Å². The summed E-state index contributed by atoms with van der Waals surface area (Å²) in [5, 5.41) is 6.63. The number of allylic oxidation sites excluding steroid dienone is 1. The molecule has 0 saturated carbocycles. The molecule has 3 aromatic carbocycles. The fourth-order valence-corrected chi connectivity index (χ4v) is 6.04. The second kappa shape index (κ2) is 5.46. The van der Waals surface area contributed by atoms with Crippen molar-refractivity contribution >= 4 is 37.2 Å². The number of hydrogen-bond donors (Lipinski definition) is 1. The Bertz CT molecular complexity index is 1150. The van der Waals surface area contributed by atoms with Crippen molar-refractivity contribution in [3.63, 3.8) is 0 Å². The zero-order valence-corrected chi connectivity index (χ0v) is 15.2. The smallest absolute Gasteiger partial charge is 0.0414 e. The fourth-order valence-electron chi connectivity index (χ4n) is 4.75. The van der Waals surface area contributed by atoms with Crippen molar-refractivity contribution in [3.8, 4) is 0 Å². The van der Waals surface area contributed by atoms with Crippen molar-refractivity contribution in [2.75, 3.05) is 5.32 Å². The van der Waals surface area contributed by atoms with Crippen molar-refractivity contribution < 1.29 is 0 Å². The number of fused-ring (bicyclic) bond motifs is 7. The first-order valence-electron chi connectivity index (χ1n) is 9.32. The van der Waals surface area contributed by atoms with Gasteiger partial charge in [0, 0.05) is 49.3 Å². The lowest BCUT2D eigenvalue weighted by molar-refractivity contribution is 0.562. The molecule has 2 heterocycles. The van der Waals surface area contributed by atoms with Gasteiger partial charge >= 0.3 is 0 Å². The van der Waals surface area contributed by atoms with Crippen molar-refractivity contribution in [1.82, 2.24) is 0 Å². The number of anilines is 1. The summed E-state index contributed by atoms with van der Waals surface area (Å²) in [4.78, 5) is 0. The van der Waals surface area contributed by atoms with Crippen molar-refractivity contribution in [2.45, 2.75) is 24.3 Å². The number of benzene rings is 3. The summed E-state index contributed by atoms with van der Waals surface area (Å²) in [6.07, 6.45) is 6.04. The van der Waals surface area contributed by atoms with Gasteiger partial charge in [-0.1, -0.05) is 66.7 Å². The van der Waals surface area contributed by atoms with Gasteiger partial charge in [0.15, 0.2) is 0 Å². The third-order valence-corrected chi connectivity index (χ3v) is 7.20. The van der Waals surface area contributed by atoms with Crippen LogP contribution in [0.3, 0.4) is 0 Å². The zero-order chi connectivity index (χ0) is 17.1. The lowest BCUT2D eigenvalue weighted by Gasteiger charge is -2.27. The summed E-state index contributed by atoms with van der Waals surface area (Å²) >= 11 is 1.95. The van der Waals surface area contributed by atoms with E-state index in [0.29, 0.717) is 17.9 Å². The molecule has 26 heavy (non-hydrogen) atoms. The minimum Gasteiger partial charge on any atom is -0.381 e. The van der Waals surface area contributed by atoms with E-state index in [2.05, 4.69) is 84.2 Å². The largest absolute Gasteiger partial charge is 0.381 e. The summed E-state index contributed by atoms with van der Waals surface area (Å²) in [6.45, 7) is 0. The molecule has 3 atom stereocenters. The second-order valence-corrected chi connectivity index (χ2v) is 8.47.